The molecule has 0 bridgehead atoms. The van der Waals surface area contributed by atoms with Gasteiger partial charge in [0.1, 0.15) is 5.82 Å². The number of rotatable bonds is 3. The minimum Gasteiger partial charge on any atom is -0.347 e. The molecule has 4 nitrogen and oxygen atoms in total. The predicted octanol–water partition coefficient (Wildman–Crippen LogP) is 1.05. The van der Waals surface area contributed by atoms with Crippen LogP contribution in [-0.2, 0) is 6.42 Å². The Hall–Kier alpha value is -1.68. The molecule has 2 aromatic heterocycles. The van der Waals surface area contributed by atoms with Gasteiger partial charge in [-0.05, 0) is 12.1 Å². The molecule has 0 spiro atoms. The molecule has 0 aliphatic rings. The van der Waals surface area contributed by atoms with Gasteiger partial charge in [0.25, 0.3) is 0 Å². The van der Waals surface area contributed by atoms with E-state index in [9.17, 15) is 0 Å². The van der Waals surface area contributed by atoms with E-state index in [-0.39, 0.29) is 6.04 Å². The molecule has 2 aromatic rings. The molecule has 2 heterocycles. The third-order valence-corrected chi connectivity index (χ3v) is 2.03. The molecular weight excluding hydrogens is 176 g/mol. The Morgan fingerprint density at radius 1 is 1.29 bits per heavy atom. The van der Waals surface area contributed by atoms with Crippen molar-refractivity contribution >= 4 is 0 Å². The van der Waals surface area contributed by atoms with Crippen molar-refractivity contribution in [1.82, 2.24) is 15.0 Å². The maximum Gasteiger partial charge on any atom is 0.123 e. The lowest BCUT2D eigenvalue weighted by atomic mass is 10.1. The van der Waals surface area contributed by atoms with Gasteiger partial charge in [0, 0.05) is 30.7 Å². The van der Waals surface area contributed by atoms with E-state index in [4.69, 9.17) is 5.73 Å². The third-order valence-electron chi connectivity index (χ3n) is 2.03. The van der Waals surface area contributed by atoms with Gasteiger partial charge in [-0.1, -0.05) is 6.07 Å². The maximum absolute atomic E-state index is 5.94. The number of nitrogens with two attached hydrogens (primary N) is 1. The van der Waals surface area contributed by atoms with Crippen molar-refractivity contribution in [3.8, 4) is 0 Å². The number of nitrogens with zero attached hydrogens (tertiary/aromatic N) is 2. The molecule has 1 atom stereocenters. The van der Waals surface area contributed by atoms with Crippen molar-refractivity contribution in [2.24, 2.45) is 5.73 Å². The highest BCUT2D eigenvalue weighted by Crippen LogP contribution is 2.09. The second-order valence-electron chi connectivity index (χ2n) is 3.11. The monoisotopic (exact) mass is 188 g/mol. The molecule has 1 unspecified atom stereocenters. The first-order valence-electron chi connectivity index (χ1n) is 4.51. The van der Waals surface area contributed by atoms with Crippen LogP contribution in [0.15, 0.2) is 36.8 Å². The molecule has 0 aliphatic carbocycles. The van der Waals surface area contributed by atoms with E-state index in [1.165, 1.54) is 0 Å². The fourth-order valence-corrected chi connectivity index (χ4v) is 1.32. The van der Waals surface area contributed by atoms with Gasteiger partial charge < -0.3 is 10.7 Å². The van der Waals surface area contributed by atoms with Crippen LogP contribution >= 0.6 is 0 Å². The summed E-state index contributed by atoms with van der Waals surface area (Å²) < 4.78 is 0. The molecule has 0 fully saturated rings. The van der Waals surface area contributed by atoms with E-state index >= 15 is 0 Å². The fraction of sp³-hybridized carbons (Fsp3) is 0.200. The number of nitrogens with one attached hydrogen (secondary N) is 1. The van der Waals surface area contributed by atoms with Gasteiger partial charge in [-0.15, -0.1) is 0 Å². The number of imidazole rings is 1. The number of hydrogen-bond donors (Lipinski definition) is 2. The van der Waals surface area contributed by atoms with Crippen LogP contribution in [0.2, 0.25) is 0 Å². The zero-order chi connectivity index (χ0) is 9.80. The lowest BCUT2D eigenvalue weighted by Gasteiger charge is -2.07. The molecular formula is C10H12N4. The van der Waals surface area contributed by atoms with Gasteiger partial charge in [0.05, 0.1) is 6.04 Å². The van der Waals surface area contributed by atoms with Gasteiger partial charge in [0.2, 0.25) is 0 Å². The first kappa shape index (κ1) is 8.90. The number of aromatic nitrogens is 3. The lowest BCUT2D eigenvalue weighted by molar-refractivity contribution is 0.666. The van der Waals surface area contributed by atoms with E-state index in [1.807, 2.05) is 18.2 Å². The quantitative estimate of drug-likeness (QED) is 0.756. The van der Waals surface area contributed by atoms with Crippen molar-refractivity contribution in [3.05, 3.63) is 48.3 Å². The molecule has 2 rings (SSSR count). The highest BCUT2D eigenvalue weighted by molar-refractivity contribution is 5.08. The van der Waals surface area contributed by atoms with Crippen LogP contribution < -0.4 is 5.73 Å². The topological polar surface area (TPSA) is 67.6 Å². The highest BCUT2D eigenvalue weighted by atomic mass is 14.9. The number of pyridine rings is 1. The van der Waals surface area contributed by atoms with E-state index in [1.54, 1.807) is 18.6 Å². The second-order valence-corrected chi connectivity index (χ2v) is 3.11. The van der Waals surface area contributed by atoms with Crippen molar-refractivity contribution in [2.75, 3.05) is 0 Å². The summed E-state index contributed by atoms with van der Waals surface area (Å²) in [5, 5.41) is 0. The van der Waals surface area contributed by atoms with Crippen molar-refractivity contribution in [2.45, 2.75) is 12.5 Å². The average molecular weight is 188 g/mol. The van der Waals surface area contributed by atoms with E-state index in [0.29, 0.717) is 6.42 Å². The molecule has 0 saturated carbocycles. The summed E-state index contributed by atoms with van der Waals surface area (Å²) in [5.74, 6) is 0.802. The Bertz CT molecular complexity index is 368. The van der Waals surface area contributed by atoms with Crippen LogP contribution in [0.25, 0.3) is 0 Å². The van der Waals surface area contributed by atoms with E-state index in [2.05, 4.69) is 15.0 Å². The normalized spacial score (nSPS) is 12.6. The fourth-order valence-electron chi connectivity index (χ4n) is 1.32. The van der Waals surface area contributed by atoms with Crippen LogP contribution in [0.3, 0.4) is 0 Å². The Balaban J connectivity index is 2.06. The Morgan fingerprint density at radius 3 is 2.86 bits per heavy atom. The number of H-pyrrole nitrogens is 1. The maximum atomic E-state index is 5.94. The number of hydrogen-bond acceptors (Lipinski definition) is 3. The second kappa shape index (κ2) is 4.02. The highest BCUT2D eigenvalue weighted by Gasteiger charge is 2.09. The minimum atomic E-state index is -0.111. The minimum absolute atomic E-state index is 0.111. The molecule has 14 heavy (non-hydrogen) atoms. The Labute approximate surface area is 82.2 Å². The van der Waals surface area contributed by atoms with Crippen LogP contribution in [0, 0.1) is 0 Å². The van der Waals surface area contributed by atoms with Gasteiger partial charge in [-0.2, -0.15) is 0 Å². The van der Waals surface area contributed by atoms with Crippen LogP contribution in [-0.4, -0.2) is 15.0 Å². The van der Waals surface area contributed by atoms with E-state index in [0.717, 1.165) is 11.5 Å². The zero-order valence-electron chi connectivity index (χ0n) is 7.72. The SMILES string of the molecule is NC(Cc1ccccn1)c1ncc[nH]1. The molecule has 0 amide bonds. The summed E-state index contributed by atoms with van der Waals surface area (Å²) in [4.78, 5) is 11.3. The van der Waals surface area contributed by atoms with Gasteiger partial charge in [-0.3, -0.25) is 4.98 Å². The summed E-state index contributed by atoms with van der Waals surface area (Å²) in [6.45, 7) is 0. The first-order valence-corrected chi connectivity index (χ1v) is 4.51. The smallest absolute Gasteiger partial charge is 0.123 e. The first-order chi connectivity index (χ1) is 6.86. The summed E-state index contributed by atoms with van der Waals surface area (Å²) >= 11 is 0. The molecule has 0 saturated heterocycles. The molecule has 0 aliphatic heterocycles. The van der Waals surface area contributed by atoms with Crippen molar-refractivity contribution in [3.63, 3.8) is 0 Å². The average Bonchev–Trinajstić information content (AvgIpc) is 2.72. The lowest BCUT2D eigenvalue weighted by Crippen LogP contribution is -2.15. The van der Waals surface area contributed by atoms with Crippen molar-refractivity contribution < 1.29 is 0 Å². The number of aromatic amines is 1. The largest absolute Gasteiger partial charge is 0.347 e. The molecule has 72 valence electrons. The standard InChI is InChI=1S/C10H12N4/c11-9(10-13-5-6-14-10)7-8-3-1-2-4-12-8/h1-6,9H,7,11H2,(H,13,14). The molecule has 0 aromatic carbocycles. The predicted molar refractivity (Wildman–Crippen MR) is 53.5 cm³/mol. The van der Waals surface area contributed by atoms with E-state index < -0.39 is 0 Å². The molecule has 0 radical (unpaired) electrons. The summed E-state index contributed by atoms with van der Waals surface area (Å²) in [5.41, 5.74) is 6.92. The van der Waals surface area contributed by atoms with Gasteiger partial charge in [0.15, 0.2) is 0 Å². The van der Waals surface area contributed by atoms with Crippen LogP contribution in [0.5, 0.6) is 0 Å². The Morgan fingerprint density at radius 2 is 2.21 bits per heavy atom. The molecule has 3 N–H and O–H groups in total. The van der Waals surface area contributed by atoms with Crippen LogP contribution in [0.4, 0.5) is 0 Å². The summed E-state index contributed by atoms with van der Waals surface area (Å²) in [6, 6.07) is 5.70. The van der Waals surface area contributed by atoms with Crippen LogP contribution in [0.1, 0.15) is 17.6 Å². The zero-order valence-corrected chi connectivity index (χ0v) is 7.72. The molecule has 4 heteroatoms. The summed E-state index contributed by atoms with van der Waals surface area (Å²) in [7, 11) is 0. The van der Waals surface area contributed by atoms with Gasteiger partial charge in [-0.25, -0.2) is 4.98 Å². The van der Waals surface area contributed by atoms with Crippen molar-refractivity contribution in [1.29, 1.82) is 0 Å². The third kappa shape index (κ3) is 1.97. The van der Waals surface area contributed by atoms with Gasteiger partial charge >= 0.3 is 0 Å². The summed E-state index contributed by atoms with van der Waals surface area (Å²) in [6.07, 6.45) is 5.94. The Kier molecular flexibility index (Phi) is 2.55.